The summed E-state index contributed by atoms with van der Waals surface area (Å²) < 4.78 is 46.3. The summed E-state index contributed by atoms with van der Waals surface area (Å²) in [6, 6.07) is 14.2. The normalized spacial score (nSPS) is 16.0. The van der Waals surface area contributed by atoms with Gasteiger partial charge in [0.05, 0.1) is 36.7 Å². The molecule has 4 rings (SSSR count). The number of benzene rings is 2. The third-order valence-corrected chi connectivity index (χ3v) is 5.23. The summed E-state index contributed by atoms with van der Waals surface area (Å²) in [6.07, 6.45) is -3.35. The molecule has 1 saturated heterocycles. The van der Waals surface area contributed by atoms with E-state index >= 15 is 0 Å². The molecule has 0 aliphatic carbocycles. The van der Waals surface area contributed by atoms with E-state index in [0.717, 1.165) is 29.4 Å². The minimum atomic E-state index is -4.55. The lowest BCUT2D eigenvalue weighted by molar-refractivity contribution is -0.137. The molecule has 1 aliphatic rings. The number of ether oxygens (including phenoxy) is 1. The Balaban J connectivity index is 1.54. The van der Waals surface area contributed by atoms with Crippen molar-refractivity contribution in [1.82, 2.24) is 25.2 Å². The number of carbonyl (C=O) groups is 1. The van der Waals surface area contributed by atoms with E-state index in [1.54, 1.807) is 0 Å². The quantitative estimate of drug-likeness (QED) is 0.632. The van der Waals surface area contributed by atoms with Crippen molar-refractivity contribution in [3.63, 3.8) is 0 Å². The van der Waals surface area contributed by atoms with Crippen molar-refractivity contribution in [2.24, 2.45) is 0 Å². The van der Waals surface area contributed by atoms with Crippen LogP contribution in [0.5, 0.6) is 0 Å². The third-order valence-electron chi connectivity index (χ3n) is 5.23. The first-order valence-corrected chi connectivity index (χ1v) is 10.2. The maximum atomic E-state index is 13.3. The van der Waals surface area contributed by atoms with Crippen LogP contribution in [0.3, 0.4) is 0 Å². The second kappa shape index (κ2) is 9.49. The van der Waals surface area contributed by atoms with Crippen molar-refractivity contribution in [3.8, 4) is 5.69 Å². The van der Waals surface area contributed by atoms with Crippen molar-refractivity contribution in [1.29, 1.82) is 0 Å². The molecule has 1 amide bonds. The Bertz CT molecular complexity index is 1050. The zero-order valence-corrected chi connectivity index (χ0v) is 17.1. The van der Waals surface area contributed by atoms with E-state index in [1.165, 1.54) is 24.4 Å². The van der Waals surface area contributed by atoms with Gasteiger partial charge in [-0.15, -0.1) is 5.10 Å². The highest BCUT2D eigenvalue weighted by Crippen LogP contribution is 2.33. The van der Waals surface area contributed by atoms with Gasteiger partial charge in [0, 0.05) is 19.6 Å². The SMILES string of the molecule is O=C(NC(CN1CCOCC1)c1ccccc1)c1cn(-c2ccccc2C(F)(F)F)nn1. The molecule has 0 saturated carbocycles. The van der Waals surface area contributed by atoms with Crippen LogP contribution in [0.15, 0.2) is 60.8 Å². The second-order valence-electron chi connectivity index (χ2n) is 7.41. The van der Waals surface area contributed by atoms with Gasteiger partial charge in [-0.2, -0.15) is 13.2 Å². The van der Waals surface area contributed by atoms with E-state index in [4.69, 9.17) is 4.74 Å². The molecule has 1 fully saturated rings. The smallest absolute Gasteiger partial charge is 0.379 e. The number of para-hydroxylation sites is 1. The summed E-state index contributed by atoms with van der Waals surface area (Å²) >= 11 is 0. The lowest BCUT2D eigenvalue weighted by atomic mass is 10.1. The molecule has 168 valence electrons. The predicted molar refractivity (Wildman–Crippen MR) is 110 cm³/mol. The first kappa shape index (κ1) is 22.0. The molecule has 1 aliphatic heterocycles. The molecule has 0 spiro atoms. The molecule has 1 aromatic heterocycles. The van der Waals surface area contributed by atoms with Gasteiger partial charge in [-0.25, -0.2) is 4.68 Å². The van der Waals surface area contributed by atoms with Crippen LogP contribution in [0.1, 0.15) is 27.7 Å². The summed E-state index contributed by atoms with van der Waals surface area (Å²) in [6.45, 7) is 3.34. The number of aromatic nitrogens is 3. The largest absolute Gasteiger partial charge is 0.418 e. The fourth-order valence-corrected chi connectivity index (χ4v) is 3.59. The Morgan fingerprint density at radius 3 is 2.47 bits per heavy atom. The molecule has 1 atom stereocenters. The topological polar surface area (TPSA) is 72.3 Å². The number of halogens is 3. The van der Waals surface area contributed by atoms with Crippen molar-refractivity contribution in [3.05, 3.63) is 77.6 Å². The average molecular weight is 445 g/mol. The monoisotopic (exact) mass is 445 g/mol. The van der Waals surface area contributed by atoms with Gasteiger partial charge in [0.15, 0.2) is 5.69 Å². The molecule has 0 radical (unpaired) electrons. The highest BCUT2D eigenvalue weighted by Gasteiger charge is 2.34. The third kappa shape index (κ3) is 5.14. The van der Waals surface area contributed by atoms with E-state index in [2.05, 4.69) is 20.5 Å². The van der Waals surface area contributed by atoms with Crippen molar-refractivity contribution < 1.29 is 22.7 Å². The highest BCUT2D eigenvalue weighted by molar-refractivity contribution is 5.92. The number of carbonyl (C=O) groups excluding carboxylic acids is 1. The zero-order chi connectivity index (χ0) is 22.6. The molecule has 3 aromatic rings. The van der Waals surface area contributed by atoms with Gasteiger partial charge in [0.25, 0.3) is 5.91 Å². The first-order valence-electron chi connectivity index (χ1n) is 10.2. The molecule has 7 nitrogen and oxygen atoms in total. The van der Waals surface area contributed by atoms with Crippen molar-refractivity contribution >= 4 is 5.91 Å². The van der Waals surface area contributed by atoms with Crippen LogP contribution in [0.4, 0.5) is 13.2 Å². The zero-order valence-electron chi connectivity index (χ0n) is 17.1. The molecule has 1 unspecified atom stereocenters. The van der Waals surface area contributed by atoms with Gasteiger partial charge in [0.2, 0.25) is 0 Å². The van der Waals surface area contributed by atoms with Crippen molar-refractivity contribution in [2.75, 3.05) is 32.8 Å². The van der Waals surface area contributed by atoms with Crippen LogP contribution in [-0.4, -0.2) is 58.6 Å². The molecule has 0 bridgehead atoms. The molecule has 1 N–H and O–H groups in total. The van der Waals surface area contributed by atoms with E-state index in [9.17, 15) is 18.0 Å². The Morgan fingerprint density at radius 1 is 1.06 bits per heavy atom. The van der Waals surface area contributed by atoms with Gasteiger partial charge in [-0.1, -0.05) is 47.7 Å². The van der Waals surface area contributed by atoms with Crippen LogP contribution < -0.4 is 5.32 Å². The molecule has 32 heavy (non-hydrogen) atoms. The number of amides is 1. The number of hydrogen-bond acceptors (Lipinski definition) is 5. The summed E-state index contributed by atoms with van der Waals surface area (Å²) in [4.78, 5) is 15.1. The van der Waals surface area contributed by atoms with Crippen LogP contribution in [-0.2, 0) is 10.9 Å². The number of nitrogens with zero attached hydrogens (tertiary/aromatic N) is 4. The van der Waals surface area contributed by atoms with E-state index in [0.29, 0.717) is 19.8 Å². The number of rotatable bonds is 6. The van der Waals surface area contributed by atoms with E-state index < -0.39 is 17.6 Å². The average Bonchev–Trinajstić information content (AvgIpc) is 3.30. The Kier molecular flexibility index (Phi) is 6.52. The summed E-state index contributed by atoms with van der Waals surface area (Å²) in [5.74, 6) is -0.511. The fraction of sp³-hybridized carbons (Fsp3) is 0.318. The van der Waals surface area contributed by atoms with Gasteiger partial charge >= 0.3 is 6.18 Å². The number of alkyl halides is 3. The van der Waals surface area contributed by atoms with Crippen LogP contribution in [0.2, 0.25) is 0 Å². The second-order valence-corrected chi connectivity index (χ2v) is 7.41. The van der Waals surface area contributed by atoms with Gasteiger partial charge in [-0.05, 0) is 17.7 Å². The Morgan fingerprint density at radius 2 is 1.75 bits per heavy atom. The molecular weight excluding hydrogens is 423 g/mol. The Hall–Kier alpha value is -3.24. The van der Waals surface area contributed by atoms with Crippen LogP contribution in [0.25, 0.3) is 5.69 Å². The lowest BCUT2D eigenvalue weighted by Gasteiger charge is -2.31. The number of morpholine rings is 1. The molecule has 10 heteroatoms. The summed E-state index contributed by atoms with van der Waals surface area (Å²) in [5, 5.41) is 10.5. The lowest BCUT2D eigenvalue weighted by Crippen LogP contribution is -2.43. The van der Waals surface area contributed by atoms with Gasteiger partial charge in [0.1, 0.15) is 0 Å². The van der Waals surface area contributed by atoms with Gasteiger partial charge in [-0.3, -0.25) is 9.69 Å². The minimum absolute atomic E-state index is 0.0649. The molecule has 2 heterocycles. The predicted octanol–water partition coefficient (Wildman–Crippen LogP) is 3.09. The summed E-state index contributed by atoms with van der Waals surface area (Å²) in [5.41, 5.74) is -0.196. The van der Waals surface area contributed by atoms with Crippen LogP contribution >= 0.6 is 0 Å². The Labute approximate surface area is 182 Å². The summed E-state index contributed by atoms with van der Waals surface area (Å²) in [7, 11) is 0. The standard InChI is InChI=1S/C22H22F3N5O2/c23-22(24,25)17-8-4-5-9-20(17)30-15-19(27-28-30)21(31)26-18(16-6-2-1-3-7-16)14-29-10-12-32-13-11-29/h1-9,15,18H,10-14H2,(H,26,31). The maximum absolute atomic E-state index is 13.3. The number of hydrogen-bond donors (Lipinski definition) is 1. The number of nitrogens with one attached hydrogen (secondary N) is 1. The molecule has 2 aromatic carbocycles. The molecular formula is C22H22F3N5O2. The van der Waals surface area contributed by atoms with Crippen molar-refractivity contribution in [2.45, 2.75) is 12.2 Å². The minimum Gasteiger partial charge on any atom is -0.379 e. The van der Waals surface area contributed by atoms with E-state index in [-0.39, 0.29) is 17.4 Å². The first-order chi connectivity index (χ1) is 15.4. The van der Waals surface area contributed by atoms with Gasteiger partial charge < -0.3 is 10.1 Å². The maximum Gasteiger partial charge on any atom is 0.418 e. The fourth-order valence-electron chi connectivity index (χ4n) is 3.59. The highest BCUT2D eigenvalue weighted by atomic mass is 19.4. The van der Waals surface area contributed by atoms with E-state index in [1.807, 2.05) is 30.3 Å². The van der Waals surface area contributed by atoms with Crippen LogP contribution in [0, 0.1) is 0 Å².